The zero-order valence-electron chi connectivity index (χ0n) is 13.2. The van der Waals surface area contributed by atoms with Crippen LogP contribution in [0.4, 0.5) is 4.39 Å². The minimum atomic E-state index is -0.297. The predicted octanol–water partition coefficient (Wildman–Crippen LogP) is 3.23. The maximum atomic E-state index is 12.9. The van der Waals surface area contributed by atoms with Gasteiger partial charge in [-0.1, -0.05) is 24.3 Å². The number of hydrogen-bond acceptors (Lipinski definition) is 3. The van der Waals surface area contributed by atoms with Gasteiger partial charge in [0.15, 0.2) is 0 Å². The Hall–Kier alpha value is -2.40. The summed E-state index contributed by atoms with van der Waals surface area (Å²) in [6.07, 6.45) is 0. The molecule has 0 bridgehead atoms. The van der Waals surface area contributed by atoms with Crippen molar-refractivity contribution in [3.8, 4) is 5.75 Å². The Morgan fingerprint density at radius 3 is 2.65 bits per heavy atom. The molecule has 0 saturated heterocycles. The van der Waals surface area contributed by atoms with Crippen LogP contribution in [-0.4, -0.2) is 19.6 Å². The molecular weight excluding hydrogens is 297 g/mol. The highest BCUT2D eigenvalue weighted by atomic mass is 19.1. The molecule has 5 heteroatoms. The number of ether oxygens (including phenoxy) is 2. The Bertz CT molecular complexity index is 643. The van der Waals surface area contributed by atoms with Crippen molar-refractivity contribution in [2.24, 2.45) is 0 Å². The number of benzene rings is 2. The Balaban J connectivity index is 1.77. The molecule has 1 amide bonds. The predicted molar refractivity (Wildman–Crippen MR) is 85.6 cm³/mol. The van der Waals surface area contributed by atoms with E-state index < -0.39 is 0 Å². The second kappa shape index (κ2) is 8.29. The molecule has 1 N–H and O–H groups in total. The molecule has 4 nitrogen and oxygen atoms in total. The van der Waals surface area contributed by atoms with E-state index in [0.29, 0.717) is 6.61 Å². The standard InChI is InChI=1S/C18H20FNO3/c1-13(15-6-8-16(19)9-7-15)20-18(21)12-23-11-14-4-3-5-17(10-14)22-2/h3-10,13H,11-12H2,1-2H3,(H,20,21)/t13-/m1/s1. The van der Waals surface area contributed by atoms with E-state index in [4.69, 9.17) is 9.47 Å². The molecule has 1 atom stereocenters. The molecule has 2 aromatic carbocycles. The van der Waals surface area contributed by atoms with Gasteiger partial charge in [-0.15, -0.1) is 0 Å². The van der Waals surface area contributed by atoms with Gasteiger partial charge in [-0.2, -0.15) is 0 Å². The molecule has 0 aliphatic rings. The van der Waals surface area contributed by atoms with Gasteiger partial charge in [0.05, 0.1) is 19.8 Å². The smallest absolute Gasteiger partial charge is 0.246 e. The van der Waals surface area contributed by atoms with Crippen LogP contribution in [0.1, 0.15) is 24.1 Å². The lowest BCUT2D eigenvalue weighted by Gasteiger charge is -2.14. The molecule has 0 unspecified atom stereocenters. The van der Waals surface area contributed by atoms with Crippen LogP contribution in [0.15, 0.2) is 48.5 Å². The highest BCUT2D eigenvalue weighted by Gasteiger charge is 2.09. The van der Waals surface area contributed by atoms with Crippen LogP contribution in [0.2, 0.25) is 0 Å². The molecule has 0 heterocycles. The van der Waals surface area contributed by atoms with Gasteiger partial charge >= 0.3 is 0 Å². The first-order valence-corrected chi connectivity index (χ1v) is 7.34. The number of carbonyl (C=O) groups is 1. The maximum absolute atomic E-state index is 12.9. The molecule has 23 heavy (non-hydrogen) atoms. The minimum absolute atomic E-state index is 0.0389. The highest BCUT2D eigenvalue weighted by molar-refractivity contribution is 5.77. The summed E-state index contributed by atoms with van der Waals surface area (Å²) in [5, 5.41) is 2.81. The molecule has 0 radical (unpaired) electrons. The van der Waals surface area contributed by atoms with Crippen LogP contribution in [-0.2, 0) is 16.1 Å². The Kier molecular flexibility index (Phi) is 6.11. The van der Waals surface area contributed by atoms with Crippen molar-refractivity contribution in [2.75, 3.05) is 13.7 Å². The average molecular weight is 317 g/mol. The molecular formula is C18H20FNO3. The Morgan fingerprint density at radius 1 is 1.22 bits per heavy atom. The summed E-state index contributed by atoms with van der Waals surface area (Å²) in [7, 11) is 1.60. The molecule has 2 aromatic rings. The van der Waals surface area contributed by atoms with E-state index in [1.54, 1.807) is 19.2 Å². The van der Waals surface area contributed by atoms with Gasteiger partial charge in [0.1, 0.15) is 18.2 Å². The first kappa shape index (κ1) is 17.0. The van der Waals surface area contributed by atoms with E-state index in [2.05, 4.69) is 5.32 Å². The van der Waals surface area contributed by atoms with Gasteiger partial charge in [-0.05, 0) is 42.3 Å². The van der Waals surface area contributed by atoms with E-state index in [1.807, 2.05) is 31.2 Å². The lowest BCUT2D eigenvalue weighted by Crippen LogP contribution is -2.30. The Labute approximate surface area is 135 Å². The van der Waals surface area contributed by atoms with Crippen molar-refractivity contribution in [2.45, 2.75) is 19.6 Å². The number of methoxy groups -OCH3 is 1. The first-order chi connectivity index (χ1) is 11.1. The van der Waals surface area contributed by atoms with Crippen LogP contribution < -0.4 is 10.1 Å². The Morgan fingerprint density at radius 2 is 1.96 bits per heavy atom. The van der Waals surface area contributed by atoms with Gasteiger partial charge in [-0.3, -0.25) is 4.79 Å². The van der Waals surface area contributed by atoms with E-state index in [9.17, 15) is 9.18 Å². The summed E-state index contributed by atoms with van der Waals surface area (Å²) in [5.74, 6) is 0.235. The zero-order valence-corrected chi connectivity index (χ0v) is 13.2. The zero-order chi connectivity index (χ0) is 16.7. The van der Waals surface area contributed by atoms with Crippen LogP contribution in [0.5, 0.6) is 5.75 Å². The fourth-order valence-corrected chi connectivity index (χ4v) is 2.14. The third-order valence-corrected chi connectivity index (χ3v) is 3.38. The van der Waals surface area contributed by atoms with Crippen molar-refractivity contribution < 1.29 is 18.7 Å². The largest absolute Gasteiger partial charge is 0.497 e. The number of rotatable bonds is 7. The minimum Gasteiger partial charge on any atom is -0.497 e. The second-order valence-corrected chi connectivity index (χ2v) is 5.19. The fourth-order valence-electron chi connectivity index (χ4n) is 2.14. The van der Waals surface area contributed by atoms with Gasteiger partial charge in [0.25, 0.3) is 0 Å². The third-order valence-electron chi connectivity index (χ3n) is 3.38. The lowest BCUT2D eigenvalue weighted by atomic mass is 10.1. The summed E-state index contributed by atoms with van der Waals surface area (Å²) >= 11 is 0. The SMILES string of the molecule is COc1cccc(COCC(=O)N[C@H](C)c2ccc(F)cc2)c1. The third kappa shape index (κ3) is 5.38. The van der Waals surface area contributed by atoms with Crippen molar-refractivity contribution in [3.05, 3.63) is 65.5 Å². The maximum Gasteiger partial charge on any atom is 0.246 e. The van der Waals surface area contributed by atoms with Gasteiger partial charge < -0.3 is 14.8 Å². The van der Waals surface area contributed by atoms with Crippen molar-refractivity contribution in [1.29, 1.82) is 0 Å². The molecule has 122 valence electrons. The monoisotopic (exact) mass is 317 g/mol. The summed E-state index contributed by atoms with van der Waals surface area (Å²) in [5.41, 5.74) is 1.77. The summed E-state index contributed by atoms with van der Waals surface area (Å²) in [4.78, 5) is 11.9. The normalized spacial score (nSPS) is 11.8. The van der Waals surface area contributed by atoms with Crippen molar-refractivity contribution in [3.63, 3.8) is 0 Å². The number of carbonyl (C=O) groups excluding carboxylic acids is 1. The van der Waals surface area contributed by atoms with E-state index in [0.717, 1.165) is 16.9 Å². The van der Waals surface area contributed by atoms with Crippen LogP contribution in [0, 0.1) is 5.82 Å². The first-order valence-electron chi connectivity index (χ1n) is 7.34. The van der Waals surface area contributed by atoms with Crippen molar-refractivity contribution >= 4 is 5.91 Å². The van der Waals surface area contributed by atoms with Crippen LogP contribution >= 0.6 is 0 Å². The molecule has 0 spiro atoms. The number of amides is 1. The van der Waals surface area contributed by atoms with E-state index in [1.165, 1.54) is 12.1 Å². The number of nitrogens with one attached hydrogen (secondary N) is 1. The van der Waals surface area contributed by atoms with Gasteiger partial charge in [0, 0.05) is 0 Å². The molecule has 0 aromatic heterocycles. The summed E-state index contributed by atoms with van der Waals surface area (Å²) < 4.78 is 23.4. The molecule has 0 fully saturated rings. The van der Waals surface area contributed by atoms with E-state index in [-0.39, 0.29) is 24.4 Å². The molecule has 0 saturated carbocycles. The van der Waals surface area contributed by atoms with Crippen molar-refractivity contribution in [1.82, 2.24) is 5.32 Å². The van der Waals surface area contributed by atoms with Gasteiger partial charge in [-0.25, -0.2) is 4.39 Å². The molecule has 0 aliphatic heterocycles. The summed E-state index contributed by atoms with van der Waals surface area (Å²) in [6, 6.07) is 13.3. The quantitative estimate of drug-likeness (QED) is 0.853. The van der Waals surface area contributed by atoms with Crippen LogP contribution in [0.25, 0.3) is 0 Å². The highest BCUT2D eigenvalue weighted by Crippen LogP contribution is 2.14. The lowest BCUT2D eigenvalue weighted by molar-refractivity contribution is -0.126. The van der Waals surface area contributed by atoms with Crippen LogP contribution in [0.3, 0.4) is 0 Å². The summed E-state index contributed by atoms with van der Waals surface area (Å²) in [6.45, 7) is 2.13. The number of halogens is 1. The molecule has 2 rings (SSSR count). The second-order valence-electron chi connectivity index (χ2n) is 5.19. The topological polar surface area (TPSA) is 47.6 Å². The van der Waals surface area contributed by atoms with Gasteiger partial charge in [0.2, 0.25) is 5.91 Å². The van der Waals surface area contributed by atoms with E-state index >= 15 is 0 Å². The number of hydrogen-bond donors (Lipinski definition) is 1. The molecule has 0 aliphatic carbocycles. The fraction of sp³-hybridized carbons (Fsp3) is 0.278. The average Bonchev–Trinajstić information content (AvgIpc) is 2.55.